The molecule has 0 saturated heterocycles. The summed E-state index contributed by atoms with van der Waals surface area (Å²) in [5.41, 5.74) is 0.668. The Balaban J connectivity index is 1.46. The van der Waals surface area contributed by atoms with Crippen molar-refractivity contribution in [1.82, 2.24) is 15.1 Å². The highest BCUT2D eigenvalue weighted by Crippen LogP contribution is 2.40. The van der Waals surface area contributed by atoms with Gasteiger partial charge in [0.2, 0.25) is 0 Å². The van der Waals surface area contributed by atoms with Crippen LogP contribution in [0, 0.1) is 11.7 Å². The molecule has 1 aliphatic carbocycles. The van der Waals surface area contributed by atoms with Crippen molar-refractivity contribution >= 4 is 11.8 Å². The van der Waals surface area contributed by atoms with Gasteiger partial charge in [0.1, 0.15) is 5.82 Å². The molecule has 1 aliphatic heterocycles. The SMILES string of the molecule is CC(C1CC1)n1nccc1NC(=O)N[C@H]1CCOc2c(F)cccc21. The molecule has 25 heavy (non-hydrogen) atoms. The molecule has 0 radical (unpaired) electrons. The maximum Gasteiger partial charge on any atom is 0.320 e. The number of carbonyl (C=O) groups excluding carboxylic acids is 1. The zero-order chi connectivity index (χ0) is 17.4. The standard InChI is InChI=1S/C18H21FN4O2/c1-11(12-5-6-12)23-16(7-9-20-23)22-18(24)21-15-8-10-25-17-13(15)3-2-4-14(17)19/h2-4,7,9,11-12,15H,5-6,8,10H2,1H3,(H2,21,22,24)/t11?,15-/m0/s1. The zero-order valence-corrected chi connectivity index (χ0v) is 14.0. The molecule has 2 aromatic rings. The Labute approximate surface area is 145 Å². The van der Waals surface area contributed by atoms with Crippen molar-refractivity contribution in [1.29, 1.82) is 0 Å². The van der Waals surface area contributed by atoms with E-state index < -0.39 is 5.82 Å². The number of hydrogen-bond acceptors (Lipinski definition) is 3. The number of rotatable bonds is 4. The maximum absolute atomic E-state index is 13.8. The van der Waals surface area contributed by atoms with Crippen LogP contribution in [0.2, 0.25) is 0 Å². The molecule has 2 aliphatic rings. The summed E-state index contributed by atoms with van der Waals surface area (Å²) in [5, 5.41) is 10.1. The average molecular weight is 344 g/mol. The highest BCUT2D eigenvalue weighted by atomic mass is 19.1. The second kappa shape index (κ2) is 6.38. The Morgan fingerprint density at radius 2 is 2.20 bits per heavy atom. The second-order valence-electron chi connectivity index (χ2n) is 6.69. The topological polar surface area (TPSA) is 68.2 Å². The van der Waals surface area contributed by atoms with Crippen LogP contribution in [0.1, 0.15) is 43.8 Å². The number of para-hydroxylation sites is 1. The third-order valence-corrected chi connectivity index (χ3v) is 4.93. The minimum atomic E-state index is -0.402. The number of anilines is 1. The molecule has 6 nitrogen and oxygen atoms in total. The summed E-state index contributed by atoms with van der Waals surface area (Å²) in [6.07, 6.45) is 4.70. The van der Waals surface area contributed by atoms with Crippen LogP contribution in [-0.2, 0) is 0 Å². The van der Waals surface area contributed by atoms with E-state index in [0.717, 1.165) is 0 Å². The predicted molar refractivity (Wildman–Crippen MR) is 91.1 cm³/mol. The molecule has 1 aromatic carbocycles. The Morgan fingerprint density at radius 1 is 1.36 bits per heavy atom. The molecule has 1 unspecified atom stereocenters. The molecular formula is C18H21FN4O2. The van der Waals surface area contributed by atoms with Gasteiger partial charge < -0.3 is 10.1 Å². The molecule has 0 bridgehead atoms. The van der Waals surface area contributed by atoms with Gasteiger partial charge in [-0.1, -0.05) is 12.1 Å². The van der Waals surface area contributed by atoms with Crippen molar-refractivity contribution < 1.29 is 13.9 Å². The second-order valence-corrected chi connectivity index (χ2v) is 6.69. The summed E-state index contributed by atoms with van der Waals surface area (Å²) >= 11 is 0. The Hall–Kier alpha value is -2.57. The third-order valence-electron chi connectivity index (χ3n) is 4.93. The number of nitrogens with one attached hydrogen (secondary N) is 2. The van der Waals surface area contributed by atoms with Crippen molar-refractivity contribution in [3.05, 3.63) is 41.8 Å². The van der Waals surface area contributed by atoms with Crippen LogP contribution in [0.4, 0.5) is 15.0 Å². The number of halogens is 1. The summed E-state index contributed by atoms with van der Waals surface area (Å²) in [4.78, 5) is 12.4. The minimum absolute atomic E-state index is 0.228. The molecule has 4 rings (SSSR count). The summed E-state index contributed by atoms with van der Waals surface area (Å²) in [5.74, 6) is 1.13. The molecule has 2 N–H and O–H groups in total. The average Bonchev–Trinajstić information content (AvgIpc) is 3.35. The lowest BCUT2D eigenvalue weighted by Crippen LogP contribution is -2.36. The van der Waals surface area contributed by atoms with E-state index in [2.05, 4.69) is 22.7 Å². The number of hydrogen-bond donors (Lipinski definition) is 2. The zero-order valence-electron chi connectivity index (χ0n) is 14.0. The van der Waals surface area contributed by atoms with Gasteiger partial charge in [-0.25, -0.2) is 13.9 Å². The predicted octanol–water partition coefficient (Wildman–Crippen LogP) is 3.64. The Bertz CT molecular complexity index is 787. The molecule has 7 heteroatoms. The first-order valence-electron chi connectivity index (χ1n) is 8.65. The molecule has 2 heterocycles. The van der Waals surface area contributed by atoms with E-state index in [1.807, 2.05) is 4.68 Å². The molecule has 2 atom stereocenters. The summed E-state index contributed by atoms with van der Waals surface area (Å²) in [6, 6.07) is 6.21. The minimum Gasteiger partial charge on any atom is -0.490 e. The van der Waals surface area contributed by atoms with E-state index in [1.165, 1.54) is 18.9 Å². The maximum atomic E-state index is 13.8. The van der Waals surface area contributed by atoms with Gasteiger partial charge in [-0.15, -0.1) is 0 Å². The van der Waals surface area contributed by atoms with Crippen LogP contribution >= 0.6 is 0 Å². The molecule has 2 amide bonds. The van der Waals surface area contributed by atoms with Gasteiger partial charge >= 0.3 is 6.03 Å². The fourth-order valence-electron chi connectivity index (χ4n) is 3.36. The highest BCUT2D eigenvalue weighted by Gasteiger charge is 2.31. The fourth-order valence-corrected chi connectivity index (χ4v) is 3.36. The molecule has 1 fully saturated rings. The Morgan fingerprint density at radius 3 is 3.00 bits per heavy atom. The fraction of sp³-hybridized carbons (Fsp3) is 0.444. The van der Waals surface area contributed by atoms with Crippen LogP contribution in [0.5, 0.6) is 5.75 Å². The number of urea groups is 1. The number of nitrogens with zero attached hydrogens (tertiary/aromatic N) is 2. The lowest BCUT2D eigenvalue weighted by Gasteiger charge is -2.27. The number of amides is 2. The number of carbonyl (C=O) groups is 1. The van der Waals surface area contributed by atoms with Crippen molar-refractivity contribution in [3.63, 3.8) is 0 Å². The van der Waals surface area contributed by atoms with Crippen molar-refractivity contribution in [2.24, 2.45) is 5.92 Å². The number of fused-ring (bicyclic) bond motifs is 1. The first kappa shape index (κ1) is 15.9. The van der Waals surface area contributed by atoms with Crippen molar-refractivity contribution in [3.8, 4) is 5.75 Å². The quantitative estimate of drug-likeness (QED) is 0.890. The highest BCUT2D eigenvalue weighted by molar-refractivity contribution is 5.88. The van der Waals surface area contributed by atoms with Gasteiger partial charge in [0.25, 0.3) is 0 Å². The van der Waals surface area contributed by atoms with Gasteiger partial charge in [0.05, 0.1) is 24.9 Å². The van der Waals surface area contributed by atoms with E-state index in [-0.39, 0.29) is 23.9 Å². The van der Waals surface area contributed by atoms with Crippen LogP contribution in [-0.4, -0.2) is 22.4 Å². The third kappa shape index (κ3) is 3.18. The van der Waals surface area contributed by atoms with Crippen LogP contribution in [0.3, 0.4) is 0 Å². The van der Waals surface area contributed by atoms with Crippen LogP contribution < -0.4 is 15.4 Å². The molecular weight excluding hydrogens is 323 g/mol. The number of aromatic nitrogens is 2. The van der Waals surface area contributed by atoms with E-state index in [9.17, 15) is 9.18 Å². The number of benzene rings is 1. The van der Waals surface area contributed by atoms with E-state index in [0.29, 0.717) is 30.3 Å². The Kier molecular flexibility index (Phi) is 4.07. The smallest absolute Gasteiger partial charge is 0.320 e. The molecule has 1 saturated carbocycles. The van der Waals surface area contributed by atoms with Crippen molar-refractivity contribution in [2.75, 3.05) is 11.9 Å². The first-order chi connectivity index (χ1) is 12.1. The largest absolute Gasteiger partial charge is 0.490 e. The van der Waals surface area contributed by atoms with E-state index in [4.69, 9.17) is 4.74 Å². The summed E-state index contributed by atoms with van der Waals surface area (Å²) in [6.45, 7) is 2.49. The number of ether oxygens (including phenoxy) is 1. The van der Waals surface area contributed by atoms with E-state index in [1.54, 1.807) is 24.4 Å². The van der Waals surface area contributed by atoms with Crippen LogP contribution in [0.25, 0.3) is 0 Å². The normalized spacial score (nSPS) is 20.3. The van der Waals surface area contributed by atoms with Gasteiger partial charge in [-0.05, 0) is 31.7 Å². The molecule has 0 spiro atoms. The van der Waals surface area contributed by atoms with Crippen LogP contribution in [0.15, 0.2) is 30.5 Å². The van der Waals surface area contributed by atoms with Gasteiger partial charge in [0.15, 0.2) is 11.6 Å². The lowest BCUT2D eigenvalue weighted by atomic mass is 10.0. The lowest BCUT2D eigenvalue weighted by molar-refractivity contribution is 0.227. The first-order valence-corrected chi connectivity index (χ1v) is 8.65. The summed E-state index contributed by atoms with van der Waals surface area (Å²) in [7, 11) is 0. The van der Waals surface area contributed by atoms with Gasteiger partial charge in [-0.3, -0.25) is 5.32 Å². The van der Waals surface area contributed by atoms with Gasteiger partial charge in [-0.2, -0.15) is 5.10 Å². The van der Waals surface area contributed by atoms with E-state index >= 15 is 0 Å². The molecule has 1 aromatic heterocycles. The van der Waals surface area contributed by atoms with Gasteiger partial charge in [0, 0.05) is 18.1 Å². The monoisotopic (exact) mass is 344 g/mol. The molecule has 132 valence electrons. The van der Waals surface area contributed by atoms with Crippen molar-refractivity contribution in [2.45, 2.75) is 38.3 Å². The summed E-state index contributed by atoms with van der Waals surface area (Å²) < 4.78 is 21.1.